The Balaban J connectivity index is 1.80. The number of benzene rings is 2. The molecule has 126 valence electrons. The Labute approximate surface area is 137 Å². The predicted molar refractivity (Wildman–Crippen MR) is 82.5 cm³/mol. The van der Waals surface area contributed by atoms with E-state index in [-0.39, 0.29) is 5.69 Å². The number of halogens is 2. The van der Waals surface area contributed by atoms with Crippen LogP contribution in [0, 0.1) is 11.6 Å². The second-order valence-electron chi connectivity index (χ2n) is 4.86. The van der Waals surface area contributed by atoms with E-state index < -0.39 is 36.2 Å². The topological polar surface area (TPSA) is 64.6 Å². The lowest BCUT2D eigenvalue weighted by Crippen LogP contribution is -2.29. The summed E-state index contributed by atoms with van der Waals surface area (Å²) in [6.45, 7) is 0.920. The molecule has 0 saturated carbocycles. The van der Waals surface area contributed by atoms with E-state index in [1.165, 1.54) is 13.0 Å². The van der Waals surface area contributed by atoms with Gasteiger partial charge in [0.25, 0.3) is 5.91 Å². The Bertz CT molecular complexity index is 722. The molecule has 0 aromatic heterocycles. The van der Waals surface area contributed by atoms with Crippen LogP contribution in [0.15, 0.2) is 48.5 Å². The van der Waals surface area contributed by atoms with Crippen molar-refractivity contribution in [2.45, 2.75) is 13.0 Å². The summed E-state index contributed by atoms with van der Waals surface area (Å²) in [6.07, 6.45) is -0.900. The lowest BCUT2D eigenvalue weighted by Gasteiger charge is -2.13. The lowest BCUT2D eigenvalue weighted by atomic mass is 10.3. The highest BCUT2D eigenvalue weighted by Crippen LogP contribution is 2.13. The SMILES string of the molecule is C[C@H](Oc1ccccc1)C(=O)OCC(=O)Nc1ccc(F)c(F)c1. The highest BCUT2D eigenvalue weighted by atomic mass is 19.2. The fourth-order valence-electron chi connectivity index (χ4n) is 1.78. The third-order valence-corrected chi connectivity index (χ3v) is 2.94. The molecule has 0 spiro atoms. The number of carbonyl (C=O) groups excluding carboxylic acids is 2. The average Bonchev–Trinajstić information content (AvgIpc) is 2.57. The molecule has 7 heteroatoms. The number of nitrogens with one attached hydrogen (secondary N) is 1. The van der Waals surface area contributed by atoms with Gasteiger partial charge >= 0.3 is 5.97 Å². The van der Waals surface area contributed by atoms with Crippen molar-refractivity contribution in [2.24, 2.45) is 0 Å². The van der Waals surface area contributed by atoms with Crippen molar-refractivity contribution in [3.8, 4) is 5.75 Å². The van der Waals surface area contributed by atoms with Gasteiger partial charge in [0.15, 0.2) is 24.3 Å². The van der Waals surface area contributed by atoms with Gasteiger partial charge in [-0.05, 0) is 31.2 Å². The summed E-state index contributed by atoms with van der Waals surface area (Å²) in [7, 11) is 0. The van der Waals surface area contributed by atoms with Gasteiger partial charge in [-0.1, -0.05) is 18.2 Å². The number of para-hydroxylation sites is 1. The van der Waals surface area contributed by atoms with Gasteiger partial charge < -0.3 is 14.8 Å². The summed E-state index contributed by atoms with van der Waals surface area (Å²) >= 11 is 0. The molecule has 1 N–H and O–H groups in total. The summed E-state index contributed by atoms with van der Waals surface area (Å²) in [4.78, 5) is 23.4. The molecule has 1 amide bonds. The van der Waals surface area contributed by atoms with E-state index in [1.54, 1.807) is 30.3 Å². The van der Waals surface area contributed by atoms with Crippen molar-refractivity contribution in [3.63, 3.8) is 0 Å². The second kappa shape index (κ2) is 8.05. The molecule has 1 atom stereocenters. The van der Waals surface area contributed by atoms with Crippen LogP contribution in [0.3, 0.4) is 0 Å². The first kappa shape index (κ1) is 17.4. The molecule has 0 aliphatic rings. The van der Waals surface area contributed by atoms with Crippen molar-refractivity contribution in [1.29, 1.82) is 0 Å². The van der Waals surface area contributed by atoms with E-state index >= 15 is 0 Å². The normalized spacial score (nSPS) is 11.5. The third kappa shape index (κ3) is 5.05. The fourth-order valence-corrected chi connectivity index (χ4v) is 1.78. The lowest BCUT2D eigenvalue weighted by molar-refractivity contribution is -0.153. The number of carbonyl (C=O) groups is 2. The number of hydrogen-bond acceptors (Lipinski definition) is 4. The van der Waals surface area contributed by atoms with Gasteiger partial charge in [-0.25, -0.2) is 13.6 Å². The zero-order valence-corrected chi connectivity index (χ0v) is 12.8. The smallest absolute Gasteiger partial charge is 0.347 e. The Hall–Kier alpha value is -2.96. The van der Waals surface area contributed by atoms with Crippen molar-refractivity contribution in [1.82, 2.24) is 0 Å². The zero-order chi connectivity index (χ0) is 17.5. The van der Waals surface area contributed by atoms with Crippen LogP contribution >= 0.6 is 0 Å². The standard InChI is InChI=1S/C17H15F2NO4/c1-11(24-13-5-3-2-4-6-13)17(22)23-10-16(21)20-12-7-8-14(18)15(19)9-12/h2-9,11H,10H2,1H3,(H,20,21)/t11-/m0/s1. The van der Waals surface area contributed by atoms with Crippen molar-refractivity contribution >= 4 is 17.6 Å². The molecule has 0 unspecified atom stereocenters. The summed E-state index contributed by atoms with van der Waals surface area (Å²) in [5.41, 5.74) is 0.0588. The predicted octanol–water partition coefficient (Wildman–Crippen LogP) is 2.91. The van der Waals surface area contributed by atoms with E-state index in [4.69, 9.17) is 9.47 Å². The van der Waals surface area contributed by atoms with Crippen molar-refractivity contribution < 1.29 is 27.8 Å². The molecule has 0 radical (unpaired) electrons. The zero-order valence-electron chi connectivity index (χ0n) is 12.8. The van der Waals surface area contributed by atoms with Gasteiger partial charge in [0.2, 0.25) is 0 Å². The monoisotopic (exact) mass is 335 g/mol. The van der Waals surface area contributed by atoms with Crippen LogP contribution < -0.4 is 10.1 Å². The fraction of sp³-hybridized carbons (Fsp3) is 0.176. The summed E-state index contributed by atoms with van der Waals surface area (Å²) in [5, 5.41) is 2.29. The summed E-state index contributed by atoms with van der Waals surface area (Å²) in [6, 6.07) is 11.6. The number of amides is 1. The third-order valence-electron chi connectivity index (χ3n) is 2.94. The largest absolute Gasteiger partial charge is 0.479 e. The quantitative estimate of drug-likeness (QED) is 0.825. The maximum atomic E-state index is 13.0. The van der Waals surface area contributed by atoms with Gasteiger partial charge in [-0.3, -0.25) is 4.79 Å². The second-order valence-corrected chi connectivity index (χ2v) is 4.86. The molecule has 5 nitrogen and oxygen atoms in total. The summed E-state index contributed by atoms with van der Waals surface area (Å²) < 4.78 is 36.0. The molecule has 0 saturated heterocycles. The van der Waals surface area contributed by atoms with Gasteiger partial charge in [0.1, 0.15) is 5.75 Å². The van der Waals surface area contributed by atoms with Crippen molar-refractivity contribution in [2.75, 3.05) is 11.9 Å². The number of ether oxygens (including phenoxy) is 2. The molecule has 0 heterocycles. The maximum absolute atomic E-state index is 13.0. The molecule has 0 aliphatic heterocycles. The van der Waals surface area contributed by atoms with E-state index in [0.29, 0.717) is 5.75 Å². The molecule has 0 bridgehead atoms. The number of esters is 1. The molecule has 24 heavy (non-hydrogen) atoms. The molecule has 2 rings (SSSR count). The van der Waals surface area contributed by atoms with Crippen LogP contribution in [-0.4, -0.2) is 24.6 Å². The van der Waals surface area contributed by atoms with Crippen LogP contribution in [0.25, 0.3) is 0 Å². The van der Waals surface area contributed by atoms with Crippen LogP contribution in [0.5, 0.6) is 5.75 Å². The Morgan fingerprint density at radius 2 is 1.79 bits per heavy atom. The minimum atomic E-state index is -1.09. The number of anilines is 1. The number of rotatable bonds is 6. The van der Waals surface area contributed by atoms with Crippen LogP contribution in [0.4, 0.5) is 14.5 Å². The van der Waals surface area contributed by atoms with E-state index in [1.807, 2.05) is 0 Å². The minimum absolute atomic E-state index is 0.0588. The molecule has 2 aromatic carbocycles. The van der Waals surface area contributed by atoms with E-state index in [2.05, 4.69) is 5.32 Å². The molecule has 0 fully saturated rings. The molecular formula is C17H15F2NO4. The first-order valence-electron chi connectivity index (χ1n) is 7.09. The summed E-state index contributed by atoms with van der Waals surface area (Å²) in [5.74, 6) is -3.02. The van der Waals surface area contributed by atoms with Crippen LogP contribution in [-0.2, 0) is 14.3 Å². The van der Waals surface area contributed by atoms with Gasteiger partial charge in [-0.15, -0.1) is 0 Å². The Morgan fingerprint density at radius 3 is 2.46 bits per heavy atom. The highest BCUT2D eigenvalue weighted by molar-refractivity contribution is 5.93. The first-order chi connectivity index (χ1) is 11.5. The maximum Gasteiger partial charge on any atom is 0.347 e. The Kier molecular flexibility index (Phi) is 5.83. The molecule has 0 aliphatic carbocycles. The Morgan fingerprint density at radius 1 is 1.08 bits per heavy atom. The minimum Gasteiger partial charge on any atom is -0.479 e. The van der Waals surface area contributed by atoms with Gasteiger partial charge in [0.05, 0.1) is 0 Å². The highest BCUT2D eigenvalue weighted by Gasteiger charge is 2.18. The van der Waals surface area contributed by atoms with Crippen molar-refractivity contribution in [3.05, 3.63) is 60.2 Å². The van der Waals surface area contributed by atoms with E-state index in [9.17, 15) is 18.4 Å². The van der Waals surface area contributed by atoms with Crippen LogP contribution in [0.1, 0.15) is 6.92 Å². The molecular weight excluding hydrogens is 320 g/mol. The van der Waals surface area contributed by atoms with Gasteiger partial charge in [-0.2, -0.15) is 0 Å². The van der Waals surface area contributed by atoms with Crippen LogP contribution in [0.2, 0.25) is 0 Å². The first-order valence-corrected chi connectivity index (χ1v) is 7.09. The number of hydrogen-bond donors (Lipinski definition) is 1. The average molecular weight is 335 g/mol. The van der Waals surface area contributed by atoms with E-state index in [0.717, 1.165) is 12.1 Å². The van der Waals surface area contributed by atoms with Gasteiger partial charge in [0, 0.05) is 11.8 Å². The molecule has 2 aromatic rings.